The molecule has 2 fully saturated rings. The molecule has 2 saturated heterocycles. The number of sulfone groups is 1. The van der Waals surface area contributed by atoms with E-state index >= 15 is 0 Å². The summed E-state index contributed by atoms with van der Waals surface area (Å²) in [4.78, 5) is 20.3. The standard InChI is InChI=1S/C14H20N4O4S/c19-13(16-8-11-2-1-6-22-11)12-3-5-15-14(18-12)17-10-4-7-23(20,21)9-10/h3,5,10-11H,1-2,4,6-9H2,(H,16,19)(H,15,17,18). The van der Waals surface area contributed by atoms with Crippen molar-refractivity contribution in [3.63, 3.8) is 0 Å². The van der Waals surface area contributed by atoms with Gasteiger partial charge in [-0.15, -0.1) is 0 Å². The van der Waals surface area contributed by atoms with E-state index in [1.165, 1.54) is 12.3 Å². The summed E-state index contributed by atoms with van der Waals surface area (Å²) in [5.74, 6) is 0.236. The molecule has 2 N–H and O–H groups in total. The number of rotatable bonds is 5. The van der Waals surface area contributed by atoms with Crippen LogP contribution in [0, 0.1) is 0 Å². The van der Waals surface area contributed by atoms with Crippen LogP contribution in [0.5, 0.6) is 0 Å². The number of hydrogen-bond donors (Lipinski definition) is 2. The zero-order chi connectivity index (χ0) is 16.3. The smallest absolute Gasteiger partial charge is 0.270 e. The maximum Gasteiger partial charge on any atom is 0.270 e. The molecule has 126 valence electrons. The number of carbonyl (C=O) groups excluding carboxylic acids is 1. The molecule has 1 aromatic heterocycles. The zero-order valence-electron chi connectivity index (χ0n) is 12.7. The highest BCUT2D eigenvalue weighted by Gasteiger charge is 2.28. The van der Waals surface area contributed by atoms with Gasteiger partial charge in [-0.1, -0.05) is 0 Å². The zero-order valence-corrected chi connectivity index (χ0v) is 13.5. The third kappa shape index (κ3) is 4.38. The van der Waals surface area contributed by atoms with Gasteiger partial charge in [0, 0.05) is 25.4 Å². The molecule has 2 aliphatic heterocycles. The SMILES string of the molecule is O=C(NCC1CCCO1)c1ccnc(NC2CCS(=O)(=O)C2)n1. The number of nitrogens with one attached hydrogen (secondary N) is 2. The van der Waals surface area contributed by atoms with Crippen LogP contribution in [0.3, 0.4) is 0 Å². The Morgan fingerprint density at radius 1 is 1.39 bits per heavy atom. The fourth-order valence-corrected chi connectivity index (χ4v) is 4.42. The van der Waals surface area contributed by atoms with Crippen LogP contribution in [0.1, 0.15) is 29.8 Å². The van der Waals surface area contributed by atoms with Crippen LogP contribution in [0.15, 0.2) is 12.3 Å². The van der Waals surface area contributed by atoms with Gasteiger partial charge < -0.3 is 15.4 Å². The number of hydrogen-bond acceptors (Lipinski definition) is 7. The summed E-state index contributed by atoms with van der Waals surface area (Å²) in [6, 6.07) is 1.33. The first-order valence-electron chi connectivity index (χ1n) is 7.72. The molecular weight excluding hydrogens is 320 g/mol. The molecule has 1 amide bonds. The summed E-state index contributed by atoms with van der Waals surface area (Å²) < 4.78 is 28.4. The quantitative estimate of drug-likeness (QED) is 0.775. The second-order valence-electron chi connectivity index (χ2n) is 5.85. The Balaban J connectivity index is 1.57. The van der Waals surface area contributed by atoms with Crippen LogP contribution in [0.4, 0.5) is 5.95 Å². The first-order valence-corrected chi connectivity index (χ1v) is 9.54. The lowest BCUT2D eigenvalue weighted by atomic mass is 10.2. The lowest BCUT2D eigenvalue weighted by Gasteiger charge is -2.12. The third-order valence-corrected chi connectivity index (χ3v) is 5.74. The highest BCUT2D eigenvalue weighted by Crippen LogP contribution is 2.15. The molecule has 0 saturated carbocycles. The molecule has 2 atom stereocenters. The van der Waals surface area contributed by atoms with E-state index in [0.29, 0.717) is 13.0 Å². The Kier molecular flexibility index (Phi) is 4.76. The molecule has 23 heavy (non-hydrogen) atoms. The van der Waals surface area contributed by atoms with Gasteiger partial charge in [0.2, 0.25) is 5.95 Å². The van der Waals surface area contributed by atoms with E-state index in [1.54, 1.807) is 0 Å². The lowest BCUT2D eigenvalue weighted by Crippen LogP contribution is -2.32. The molecule has 0 aromatic carbocycles. The Hall–Kier alpha value is -1.74. The van der Waals surface area contributed by atoms with Gasteiger partial charge in [-0.3, -0.25) is 4.79 Å². The van der Waals surface area contributed by atoms with Crippen molar-refractivity contribution in [1.29, 1.82) is 0 Å². The van der Waals surface area contributed by atoms with Gasteiger partial charge in [0.15, 0.2) is 9.84 Å². The fraction of sp³-hybridized carbons (Fsp3) is 0.643. The van der Waals surface area contributed by atoms with Gasteiger partial charge in [-0.2, -0.15) is 0 Å². The van der Waals surface area contributed by atoms with Crippen LogP contribution < -0.4 is 10.6 Å². The predicted octanol–water partition coefficient (Wildman–Crippen LogP) is -0.0156. The Bertz CT molecular complexity index is 673. The average Bonchev–Trinajstić information content (AvgIpc) is 3.14. The number of ether oxygens (including phenoxy) is 1. The van der Waals surface area contributed by atoms with Crippen molar-refractivity contribution < 1.29 is 17.9 Å². The van der Waals surface area contributed by atoms with Gasteiger partial charge >= 0.3 is 0 Å². The maximum absolute atomic E-state index is 12.1. The van der Waals surface area contributed by atoms with Crippen LogP contribution >= 0.6 is 0 Å². The molecule has 2 unspecified atom stereocenters. The van der Waals surface area contributed by atoms with E-state index in [0.717, 1.165) is 19.4 Å². The molecule has 9 heteroatoms. The Morgan fingerprint density at radius 2 is 2.26 bits per heavy atom. The van der Waals surface area contributed by atoms with Gasteiger partial charge in [0.05, 0.1) is 17.6 Å². The van der Waals surface area contributed by atoms with Crippen LogP contribution in [-0.4, -0.2) is 61.1 Å². The van der Waals surface area contributed by atoms with Crippen molar-refractivity contribution >= 4 is 21.7 Å². The molecular formula is C14H20N4O4S. The van der Waals surface area contributed by atoms with Gasteiger partial charge in [0.1, 0.15) is 5.69 Å². The molecule has 3 rings (SSSR count). The minimum Gasteiger partial charge on any atom is -0.376 e. The molecule has 3 heterocycles. The molecule has 0 radical (unpaired) electrons. The molecule has 0 bridgehead atoms. The minimum atomic E-state index is -2.97. The summed E-state index contributed by atoms with van der Waals surface area (Å²) in [7, 11) is -2.97. The van der Waals surface area contributed by atoms with Crippen molar-refractivity contribution in [2.24, 2.45) is 0 Å². The number of carbonyl (C=O) groups is 1. The van der Waals surface area contributed by atoms with Crippen molar-refractivity contribution in [1.82, 2.24) is 15.3 Å². The van der Waals surface area contributed by atoms with Gasteiger partial charge in [0.25, 0.3) is 5.91 Å². The lowest BCUT2D eigenvalue weighted by molar-refractivity contribution is 0.0853. The largest absolute Gasteiger partial charge is 0.376 e. The summed E-state index contributed by atoms with van der Waals surface area (Å²) >= 11 is 0. The van der Waals surface area contributed by atoms with E-state index in [4.69, 9.17) is 4.74 Å². The van der Waals surface area contributed by atoms with Gasteiger partial charge in [-0.05, 0) is 25.3 Å². The molecule has 2 aliphatic rings. The van der Waals surface area contributed by atoms with E-state index in [2.05, 4.69) is 20.6 Å². The van der Waals surface area contributed by atoms with Crippen LogP contribution in [0.2, 0.25) is 0 Å². The number of aromatic nitrogens is 2. The minimum absolute atomic E-state index is 0.0714. The summed E-state index contributed by atoms with van der Waals surface area (Å²) in [6.07, 6.45) is 4.06. The first kappa shape index (κ1) is 16.1. The number of amides is 1. The fourth-order valence-electron chi connectivity index (χ4n) is 2.75. The predicted molar refractivity (Wildman–Crippen MR) is 84.0 cm³/mol. The molecule has 0 spiro atoms. The van der Waals surface area contributed by atoms with E-state index in [9.17, 15) is 13.2 Å². The Morgan fingerprint density at radius 3 is 2.96 bits per heavy atom. The topological polar surface area (TPSA) is 110 Å². The van der Waals surface area contributed by atoms with Crippen molar-refractivity contribution in [2.45, 2.75) is 31.4 Å². The maximum atomic E-state index is 12.1. The Labute approximate surface area is 135 Å². The first-order chi connectivity index (χ1) is 11.0. The van der Waals surface area contributed by atoms with E-state index in [1.807, 2.05) is 0 Å². The highest BCUT2D eigenvalue weighted by atomic mass is 32.2. The normalized spacial score (nSPS) is 26.1. The summed E-state index contributed by atoms with van der Waals surface area (Å²) in [5.41, 5.74) is 0.251. The van der Waals surface area contributed by atoms with Crippen molar-refractivity contribution in [3.05, 3.63) is 18.0 Å². The third-order valence-electron chi connectivity index (χ3n) is 3.97. The molecule has 1 aromatic rings. The molecule has 0 aliphatic carbocycles. The molecule has 8 nitrogen and oxygen atoms in total. The van der Waals surface area contributed by atoms with Crippen molar-refractivity contribution in [3.8, 4) is 0 Å². The summed E-state index contributed by atoms with van der Waals surface area (Å²) in [6.45, 7) is 1.21. The highest BCUT2D eigenvalue weighted by molar-refractivity contribution is 7.91. The van der Waals surface area contributed by atoms with E-state index in [-0.39, 0.29) is 41.2 Å². The summed E-state index contributed by atoms with van der Waals surface area (Å²) in [5, 5.41) is 5.78. The second-order valence-corrected chi connectivity index (χ2v) is 8.08. The number of anilines is 1. The number of nitrogens with zero attached hydrogens (tertiary/aromatic N) is 2. The monoisotopic (exact) mass is 340 g/mol. The average molecular weight is 340 g/mol. The van der Waals surface area contributed by atoms with Gasteiger partial charge in [-0.25, -0.2) is 18.4 Å². The van der Waals surface area contributed by atoms with Crippen LogP contribution in [0.25, 0.3) is 0 Å². The second kappa shape index (κ2) is 6.79. The van der Waals surface area contributed by atoms with Crippen molar-refractivity contribution in [2.75, 3.05) is 30.0 Å². The van der Waals surface area contributed by atoms with Crippen LogP contribution in [-0.2, 0) is 14.6 Å². The van der Waals surface area contributed by atoms with E-state index < -0.39 is 9.84 Å².